The molecule has 0 aliphatic heterocycles. The van der Waals surface area contributed by atoms with E-state index in [0.29, 0.717) is 0 Å². The molecule has 0 saturated carbocycles. The van der Waals surface area contributed by atoms with Gasteiger partial charge in [-0.3, -0.25) is 4.90 Å². The van der Waals surface area contributed by atoms with Gasteiger partial charge in [-0.05, 0) is 33.2 Å². The molecule has 0 aromatic rings. The molecular formula is C11H25N. The minimum absolute atomic E-state index is 0.747. The maximum atomic E-state index is 2.60. The zero-order chi connectivity index (χ0) is 9.56. The average Bonchev–Trinajstić information content (AvgIpc) is 2.06. The van der Waals surface area contributed by atoms with Crippen molar-refractivity contribution in [3.05, 3.63) is 0 Å². The third-order valence-corrected chi connectivity index (χ3v) is 2.79. The molecule has 2 unspecified atom stereocenters. The molecule has 0 fully saturated rings. The van der Waals surface area contributed by atoms with Crippen molar-refractivity contribution in [2.24, 2.45) is 0 Å². The summed E-state index contributed by atoms with van der Waals surface area (Å²) in [5.41, 5.74) is 0. The molecule has 0 bridgehead atoms. The molecular weight excluding hydrogens is 146 g/mol. The van der Waals surface area contributed by atoms with Gasteiger partial charge < -0.3 is 0 Å². The van der Waals surface area contributed by atoms with Gasteiger partial charge in [0.15, 0.2) is 0 Å². The first kappa shape index (κ1) is 12.0. The van der Waals surface area contributed by atoms with Crippen molar-refractivity contribution in [3.8, 4) is 0 Å². The Morgan fingerprint density at radius 3 is 1.92 bits per heavy atom. The van der Waals surface area contributed by atoms with Gasteiger partial charge in [0.1, 0.15) is 0 Å². The lowest BCUT2D eigenvalue weighted by Gasteiger charge is -2.33. The lowest BCUT2D eigenvalue weighted by Crippen LogP contribution is -2.39. The zero-order valence-electron chi connectivity index (χ0n) is 9.43. The molecule has 0 heterocycles. The average molecular weight is 171 g/mol. The number of nitrogens with zero attached hydrogens (tertiary/aromatic N) is 1. The fourth-order valence-electron chi connectivity index (χ4n) is 1.88. The second-order valence-electron chi connectivity index (χ2n) is 3.73. The quantitative estimate of drug-likeness (QED) is 0.592. The van der Waals surface area contributed by atoms with Crippen LogP contribution in [0.1, 0.15) is 53.9 Å². The highest BCUT2D eigenvalue weighted by molar-refractivity contribution is 4.70. The van der Waals surface area contributed by atoms with Gasteiger partial charge >= 0.3 is 0 Å². The first-order chi connectivity index (χ1) is 5.67. The topological polar surface area (TPSA) is 3.24 Å². The fourth-order valence-corrected chi connectivity index (χ4v) is 1.88. The second-order valence-corrected chi connectivity index (χ2v) is 3.73. The summed E-state index contributed by atoms with van der Waals surface area (Å²) < 4.78 is 0. The predicted octanol–water partition coefficient (Wildman–Crippen LogP) is 3.30. The largest absolute Gasteiger partial charge is 0.298 e. The van der Waals surface area contributed by atoms with E-state index >= 15 is 0 Å². The molecule has 0 aliphatic carbocycles. The number of hydrogen-bond acceptors (Lipinski definition) is 1. The van der Waals surface area contributed by atoms with Crippen LogP contribution in [-0.2, 0) is 0 Å². The van der Waals surface area contributed by atoms with Crippen molar-refractivity contribution in [1.82, 2.24) is 4.90 Å². The molecule has 0 aromatic carbocycles. The SMILES string of the molecule is CCCC(C)N(CC)C(C)CC. The van der Waals surface area contributed by atoms with E-state index in [0.717, 1.165) is 12.1 Å². The molecule has 1 nitrogen and oxygen atoms in total. The smallest absolute Gasteiger partial charge is 0.00695 e. The van der Waals surface area contributed by atoms with Crippen LogP contribution in [0.2, 0.25) is 0 Å². The van der Waals surface area contributed by atoms with Crippen LogP contribution < -0.4 is 0 Å². The third-order valence-electron chi connectivity index (χ3n) is 2.79. The Morgan fingerprint density at radius 1 is 1.00 bits per heavy atom. The van der Waals surface area contributed by atoms with E-state index in [-0.39, 0.29) is 0 Å². The van der Waals surface area contributed by atoms with Crippen LogP contribution in [0.25, 0.3) is 0 Å². The fraction of sp³-hybridized carbons (Fsp3) is 1.00. The van der Waals surface area contributed by atoms with Gasteiger partial charge in [-0.1, -0.05) is 27.2 Å². The third kappa shape index (κ3) is 3.57. The highest BCUT2D eigenvalue weighted by Gasteiger charge is 2.15. The molecule has 0 aliphatic rings. The summed E-state index contributed by atoms with van der Waals surface area (Å²) in [5.74, 6) is 0. The summed E-state index contributed by atoms with van der Waals surface area (Å²) in [6, 6.07) is 1.51. The van der Waals surface area contributed by atoms with Crippen LogP contribution in [0.15, 0.2) is 0 Å². The van der Waals surface area contributed by atoms with Crippen molar-refractivity contribution < 1.29 is 0 Å². The van der Waals surface area contributed by atoms with Crippen LogP contribution in [0.3, 0.4) is 0 Å². The Labute approximate surface area is 78.1 Å². The number of rotatable bonds is 6. The zero-order valence-corrected chi connectivity index (χ0v) is 9.43. The van der Waals surface area contributed by atoms with E-state index in [1.807, 2.05) is 0 Å². The normalized spacial score (nSPS) is 16.5. The van der Waals surface area contributed by atoms with Crippen LogP contribution in [0.5, 0.6) is 0 Å². The van der Waals surface area contributed by atoms with Gasteiger partial charge in [0.05, 0.1) is 0 Å². The van der Waals surface area contributed by atoms with E-state index in [1.54, 1.807) is 0 Å². The van der Waals surface area contributed by atoms with Crippen LogP contribution >= 0.6 is 0 Å². The predicted molar refractivity (Wildman–Crippen MR) is 56.5 cm³/mol. The summed E-state index contributed by atoms with van der Waals surface area (Å²) in [7, 11) is 0. The summed E-state index contributed by atoms with van der Waals surface area (Å²) in [4.78, 5) is 2.60. The molecule has 12 heavy (non-hydrogen) atoms. The van der Waals surface area contributed by atoms with E-state index in [2.05, 4.69) is 39.5 Å². The Bertz CT molecular complexity index is 101. The number of hydrogen-bond donors (Lipinski definition) is 0. The van der Waals surface area contributed by atoms with Crippen LogP contribution in [0, 0.1) is 0 Å². The standard InChI is InChI=1S/C11H25N/c1-6-9-11(5)12(8-3)10(4)7-2/h10-11H,6-9H2,1-5H3. The molecule has 0 saturated heterocycles. The molecule has 0 amide bonds. The van der Waals surface area contributed by atoms with E-state index in [9.17, 15) is 0 Å². The van der Waals surface area contributed by atoms with Crippen molar-refractivity contribution in [3.63, 3.8) is 0 Å². The molecule has 0 aromatic heterocycles. The summed E-state index contributed by atoms with van der Waals surface area (Å²) in [5, 5.41) is 0. The lowest BCUT2D eigenvalue weighted by atomic mass is 10.1. The summed E-state index contributed by atoms with van der Waals surface area (Å²) in [6.45, 7) is 12.7. The first-order valence-corrected chi connectivity index (χ1v) is 5.43. The van der Waals surface area contributed by atoms with Crippen molar-refractivity contribution in [2.45, 2.75) is 66.0 Å². The highest BCUT2D eigenvalue weighted by Crippen LogP contribution is 2.12. The van der Waals surface area contributed by atoms with Gasteiger partial charge in [0.25, 0.3) is 0 Å². The Kier molecular flexibility index (Phi) is 6.45. The molecule has 0 spiro atoms. The Balaban J connectivity index is 3.94. The molecule has 1 heteroatoms. The molecule has 0 rings (SSSR count). The van der Waals surface area contributed by atoms with E-state index in [4.69, 9.17) is 0 Å². The maximum absolute atomic E-state index is 2.60. The first-order valence-electron chi connectivity index (χ1n) is 5.43. The van der Waals surface area contributed by atoms with Gasteiger partial charge in [-0.2, -0.15) is 0 Å². The van der Waals surface area contributed by atoms with Crippen LogP contribution in [-0.4, -0.2) is 23.5 Å². The monoisotopic (exact) mass is 171 g/mol. The molecule has 0 radical (unpaired) electrons. The van der Waals surface area contributed by atoms with Gasteiger partial charge in [-0.25, -0.2) is 0 Å². The summed E-state index contributed by atoms with van der Waals surface area (Å²) >= 11 is 0. The van der Waals surface area contributed by atoms with Crippen molar-refractivity contribution >= 4 is 0 Å². The maximum Gasteiger partial charge on any atom is 0.00695 e. The Morgan fingerprint density at radius 2 is 1.58 bits per heavy atom. The van der Waals surface area contributed by atoms with Crippen molar-refractivity contribution in [2.75, 3.05) is 6.54 Å². The van der Waals surface area contributed by atoms with E-state index in [1.165, 1.54) is 25.8 Å². The minimum Gasteiger partial charge on any atom is -0.298 e. The lowest BCUT2D eigenvalue weighted by molar-refractivity contribution is 0.151. The van der Waals surface area contributed by atoms with Gasteiger partial charge in [-0.15, -0.1) is 0 Å². The summed E-state index contributed by atoms with van der Waals surface area (Å²) in [6.07, 6.45) is 3.90. The highest BCUT2D eigenvalue weighted by atomic mass is 15.2. The van der Waals surface area contributed by atoms with Crippen molar-refractivity contribution in [1.29, 1.82) is 0 Å². The Hall–Kier alpha value is -0.0400. The van der Waals surface area contributed by atoms with Gasteiger partial charge in [0.2, 0.25) is 0 Å². The molecule has 0 N–H and O–H groups in total. The second kappa shape index (κ2) is 6.47. The minimum atomic E-state index is 0.747. The molecule has 74 valence electrons. The van der Waals surface area contributed by atoms with Gasteiger partial charge in [0, 0.05) is 12.1 Å². The molecule has 2 atom stereocenters. The van der Waals surface area contributed by atoms with Crippen LogP contribution in [0.4, 0.5) is 0 Å². The van der Waals surface area contributed by atoms with E-state index < -0.39 is 0 Å².